The predicted octanol–water partition coefficient (Wildman–Crippen LogP) is 2.98. The molecule has 8 heteroatoms. The molecule has 0 aliphatic carbocycles. The van der Waals surface area contributed by atoms with Gasteiger partial charge in [0.15, 0.2) is 0 Å². The van der Waals surface area contributed by atoms with Crippen molar-refractivity contribution in [3.05, 3.63) is 84.4 Å². The van der Waals surface area contributed by atoms with Crippen molar-refractivity contribution in [3.63, 3.8) is 0 Å². The largest absolute Gasteiger partial charge is 0.480 e. The molecule has 8 nitrogen and oxygen atoms in total. The molecule has 0 aliphatic rings. The van der Waals surface area contributed by atoms with E-state index in [9.17, 15) is 14.4 Å². The van der Waals surface area contributed by atoms with Gasteiger partial charge < -0.3 is 15.5 Å². The van der Waals surface area contributed by atoms with Gasteiger partial charge in [-0.15, -0.1) is 0 Å². The van der Waals surface area contributed by atoms with Gasteiger partial charge in [-0.1, -0.05) is 48.5 Å². The highest BCUT2D eigenvalue weighted by atomic mass is 16.4. The Morgan fingerprint density at radius 2 is 1.20 bits per heavy atom. The standard InChI is InChI=1S/C12H10N2O3.C10H7NO2/c15-11(16)7-14-12(17)10-5-8-3-1-2-4-9(8)6-13-10;12-10(13)9-5-7-3-1-2-4-8(7)6-11-9/h1-6H,7H2,(H,14,17)(H,15,16);1-6H,(H,12,13). The van der Waals surface area contributed by atoms with Gasteiger partial charge in [-0.25, -0.2) is 9.78 Å². The number of carbonyl (C=O) groups is 3. The van der Waals surface area contributed by atoms with E-state index in [1.807, 2.05) is 48.5 Å². The minimum Gasteiger partial charge on any atom is -0.480 e. The molecule has 4 aromatic rings. The van der Waals surface area contributed by atoms with Gasteiger partial charge in [-0.05, 0) is 22.9 Å². The lowest BCUT2D eigenvalue weighted by atomic mass is 10.1. The van der Waals surface area contributed by atoms with Gasteiger partial charge >= 0.3 is 11.9 Å². The van der Waals surface area contributed by atoms with Crippen LogP contribution in [0.2, 0.25) is 0 Å². The van der Waals surface area contributed by atoms with E-state index in [2.05, 4.69) is 15.3 Å². The van der Waals surface area contributed by atoms with Crippen LogP contribution in [0.15, 0.2) is 73.1 Å². The van der Waals surface area contributed by atoms with Gasteiger partial charge in [-0.3, -0.25) is 14.6 Å². The summed E-state index contributed by atoms with van der Waals surface area (Å²) in [7, 11) is 0. The highest BCUT2D eigenvalue weighted by Crippen LogP contribution is 2.14. The lowest BCUT2D eigenvalue weighted by Crippen LogP contribution is -2.29. The fraction of sp³-hybridized carbons (Fsp3) is 0.0455. The van der Waals surface area contributed by atoms with Crippen LogP contribution in [0, 0.1) is 0 Å². The summed E-state index contributed by atoms with van der Waals surface area (Å²) in [5, 5.41) is 23.1. The van der Waals surface area contributed by atoms with E-state index in [-0.39, 0.29) is 11.4 Å². The molecule has 0 radical (unpaired) electrons. The zero-order valence-electron chi connectivity index (χ0n) is 15.6. The fourth-order valence-electron chi connectivity index (χ4n) is 2.65. The third-order valence-corrected chi connectivity index (χ3v) is 4.11. The maximum Gasteiger partial charge on any atom is 0.354 e. The molecule has 0 atom stereocenters. The Labute approximate surface area is 170 Å². The molecule has 0 bridgehead atoms. The Hall–Kier alpha value is -4.33. The van der Waals surface area contributed by atoms with Crippen molar-refractivity contribution in [2.24, 2.45) is 0 Å². The second kappa shape index (κ2) is 9.24. The van der Waals surface area contributed by atoms with Gasteiger partial charge in [0.05, 0.1) is 0 Å². The van der Waals surface area contributed by atoms with Gasteiger partial charge in [0.2, 0.25) is 0 Å². The molecule has 0 saturated carbocycles. The molecule has 150 valence electrons. The van der Waals surface area contributed by atoms with Gasteiger partial charge in [-0.2, -0.15) is 0 Å². The number of rotatable bonds is 4. The van der Waals surface area contributed by atoms with Crippen LogP contribution in [0.1, 0.15) is 21.0 Å². The van der Waals surface area contributed by atoms with Crippen molar-refractivity contribution >= 4 is 39.4 Å². The van der Waals surface area contributed by atoms with Gasteiger partial charge in [0.25, 0.3) is 5.91 Å². The third-order valence-electron chi connectivity index (χ3n) is 4.11. The maximum atomic E-state index is 11.6. The van der Waals surface area contributed by atoms with Crippen LogP contribution in [-0.2, 0) is 4.79 Å². The normalized spacial score (nSPS) is 10.1. The number of aromatic carboxylic acids is 1. The fourth-order valence-corrected chi connectivity index (χ4v) is 2.65. The van der Waals surface area contributed by atoms with Crippen molar-refractivity contribution in [3.8, 4) is 0 Å². The zero-order valence-corrected chi connectivity index (χ0v) is 15.6. The number of carboxylic acid groups (broad SMARTS) is 2. The number of amides is 1. The van der Waals surface area contributed by atoms with E-state index in [0.717, 1.165) is 21.5 Å². The number of aliphatic carboxylic acids is 1. The monoisotopic (exact) mass is 403 g/mol. The maximum absolute atomic E-state index is 11.6. The van der Waals surface area contributed by atoms with E-state index in [4.69, 9.17) is 10.2 Å². The number of benzene rings is 2. The lowest BCUT2D eigenvalue weighted by Gasteiger charge is -2.03. The first-order chi connectivity index (χ1) is 14.4. The molecular weight excluding hydrogens is 386 g/mol. The molecule has 4 rings (SSSR count). The van der Waals surface area contributed by atoms with Crippen LogP contribution in [0.4, 0.5) is 0 Å². The van der Waals surface area contributed by atoms with Crippen molar-refractivity contribution in [1.82, 2.24) is 15.3 Å². The Bertz CT molecular complexity index is 1240. The molecule has 0 spiro atoms. The SMILES string of the molecule is O=C(O)CNC(=O)c1cc2ccccc2cn1.O=C(O)c1cc2ccccc2cn1. The van der Waals surface area contributed by atoms with Crippen LogP contribution < -0.4 is 5.32 Å². The lowest BCUT2D eigenvalue weighted by molar-refractivity contribution is -0.135. The molecule has 3 N–H and O–H groups in total. The molecular formula is C22H17N3O5. The van der Waals surface area contributed by atoms with Gasteiger partial charge in [0.1, 0.15) is 17.9 Å². The highest BCUT2D eigenvalue weighted by molar-refractivity contribution is 5.97. The molecule has 30 heavy (non-hydrogen) atoms. The number of aromatic nitrogens is 2. The minimum absolute atomic E-state index is 0.0821. The molecule has 0 fully saturated rings. The quantitative estimate of drug-likeness (QED) is 0.478. The summed E-state index contributed by atoms with van der Waals surface area (Å²) in [5.41, 5.74) is 0.295. The van der Waals surface area contributed by atoms with Crippen molar-refractivity contribution in [2.75, 3.05) is 6.54 Å². The Morgan fingerprint density at radius 1 is 0.733 bits per heavy atom. The number of carbonyl (C=O) groups excluding carboxylic acids is 1. The summed E-state index contributed by atoms with van der Waals surface area (Å²) in [5.74, 6) is -2.57. The van der Waals surface area contributed by atoms with E-state index >= 15 is 0 Å². The molecule has 0 unspecified atom stereocenters. The van der Waals surface area contributed by atoms with E-state index in [1.54, 1.807) is 24.5 Å². The molecule has 2 aromatic heterocycles. The second-order valence-electron chi connectivity index (χ2n) is 6.21. The summed E-state index contributed by atoms with van der Waals surface area (Å²) in [4.78, 5) is 40.2. The van der Waals surface area contributed by atoms with Crippen molar-refractivity contribution in [2.45, 2.75) is 0 Å². The smallest absolute Gasteiger partial charge is 0.354 e. The minimum atomic E-state index is -1.08. The van der Waals surface area contributed by atoms with Crippen molar-refractivity contribution < 1.29 is 24.6 Å². The number of hydrogen-bond donors (Lipinski definition) is 3. The predicted molar refractivity (Wildman–Crippen MR) is 110 cm³/mol. The number of carboxylic acids is 2. The first-order valence-corrected chi connectivity index (χ1v) is 8.87. The molecule has 0 saturated heterocycles. The van der Waals surface area contributed by atoms with E-state index < -0.39 is 24.4 Å². The average molecular weight is 403 g/mol. The van der Waals surface area contributed by atoms with Crippen LogP contribution >= 0.6 is 0 Å². The molecule has 1 amide bonds. The third kappa shape index (κ3) is 5.14. The zero-order chi connectivity index (χ0) is 21.5. The topological polar surface area (TPSA) is 129 Å². The first-order valence-electron chi connectivity index (χ1n) is 8.87. The molecule has 2 heterocycles. The number of pyridine rings is 2. The Morgan fingerprint density at radius 3 is 1.70 bits per heavy atom. The summed E-state index contributed by atoms with van der Waals surface area (Å²) in [6, 6.07) is 18.2. The van der Waals surface area contributed by atoms with Crippen LogP contribution in [0.5, 0.6) is 0 Å². The van der Waals surface area contributed by atoms with Crippen LogP contribution in [0.25, 0.3) is 21.5 Å². The summed E-state index contributed by atoms with van der Waals surface area (Å²) < 4.78 is 0. The summed E-state index contributed by atoms with van der Waals surface area (Å²) >= 11 is 0. The second-order valence-corrected chi connectivity index (χ2v) is 6.21. The Balaban J connectivity index is 0.000000177. The Kier molecular flexibility index (Phi) is 6.29. The number of nitrogens with one attached hydrogen (secondary N) is 1. The molecule has 0 aliphatic heterocycles. The highest BCUT2D eigenvalue weighted by Gasteiger charge is 2.09. The summed E-state index contributed by atoms with van der Waals surface area (Å²) in [6.45, 7) is -0.409. The van der Waals surface area contributed by atoms with E-state index in [0.29, 0.717) is 0 Å². The number of nitrogens with zero attached hydrogens (tertiary/aromatic N) is 2. The van der Waals surface area contributed by atoms with Crippen molar-refractivity contribution in [1.29, 1.82) is 0 Å². The molecule has 2 aromatic carbocycles. The first kappa shape index (κ1) is 20.4. The van der Waals surface area contributed by atoms with E-state index in [1.165, 1.54) is 0 Å². The van der Waals surface area contributed by atoms with Crippen LogP contribution in [-0.4, -0.2) is 44.6 Å². The number of fused-ring (bicyclic) bond motifs is 2. The average Bonchev–Trinajstić information content (AvgIpc) is 2.77. The van der Waals surface area contributed by atoms with Crippen LogP contribution in [0.3, 0.4) is 0 Å². The van der Waals surface area contributed by atoms with Gasteiger partial charge in [0, 0.05) is 23.2 Å². The summed E-state index contributed by atoms with van der Waals surface area (Å²) in [6.07, 6.45) is 3.16. The number of hydrogen-bond acceptors (Lipinski definition) is 5.